The predicted octanol–water partition coefficient (Wildman–Crippen LogP) is 1.45. The van der Waals surface area contributed by atoms with Crippen LogP contribution in [-0.4, -0.2) is 35.3 Å². The smallest absolute Gasteiger partial charge is 0.245 e. The predicted molar refractivity (Wildman–Crippen MR) is 67.9 cm³/mol. The lowest BCUT2D eigenvalue weighted by Crippen LogP contribution is -2.61. The first kappa shape index (κ1) is 12.0. The minimum Gasteiger partial charge on any atom is -0.342 e. The molecule has 3 aliphatic rings. The Bertz CT molecular complexity index is 350. The fraction of sp³-hybridized carbons (Fsp3) is 0.857. The minimum absolute atomic E-state index is 0.0768. The number of nitrogens with one attached hydrogen (secondary N) is 1. The highest BCUT2D eigenvalue weighted by atomic mass is 16.2. The average Bonchev–Trinajstić information content (AvgIpc) is 2.87. The van der Waals surface area contributed by atoms with Crippen molar-refractivity contribution in [2.24, 2.45) is 5.92 Å². The molecule has 2 saturated heterocycles. The summed E-state index contributed by atoms with van der Waals surface area (Å²) in [5.74, 6) is 0.878. The van der Waals surface area contributed by atoms with Crippen molar-refractivity contribution in [1.29, 1.82) is 0 Å². The van der Waals surface area contributed by atoms with Crippen LogP contribution in [0.5, 0.6) is 0 Å². The standard InChI is InChI=1S/C14H22N2O2/c17-13-12-7-4-8-16(12)14(18)11(15-13)9-10-5-2-1-3-6-10/h10-12H,1-9H2,(H,15,17)/t11-,12-/m0/s1. The molecule has 3 rings (SSSR count). The van der Waals surface area contributed by atoms with Crippen LogP contribution >= 0.6 is 0 Å². The van der Waals surface area contributed by atoms with Crippen LogP contribution in [0, 0.1) is 5.92 Å². The molecule has 2 amide bonds. The van der Waals surface area contributed by atoms with Gasteiger partial charge in [-0.25, -0.2) is 0 Å². The van der Waals surface area contributed by atoms with Crippen molar-refractivity contribution in [2.75, 3.05) is 6.54 Å². The first-order valence-electron chi connectivity index (χ1n) is 7.36. The second kappa shape index (κ2) is 4.90. The van der Waals surface area contributed by atoms with E-state index in [1.807, 2.05) is 4.90 Å². The van der Waals surface area contributed by atoms with Gasteiger partial charge in [0.1, 0.15) is 12.1 Å². The van der Waals surface area contributed by atoms with Crippen molar-refractivity contribution in [1.82, 2.24) is 10.2 Å². The van der Waals surface area contributed by atoms with Crippen molar-refractivity contribution in [3.05, 3.63) is 0 Å². The molecule has 0 aromatic heterocycles. The van der Waals surface area contributed by atoms with Gasteiger partial charge >= 0.3 is 0 Å². The molecule has 4 nitrogen and oxygen atoms in total. The molecule has 18 heavy (non-hydrogen) atoms. The Morgan fingerprint density at radius 3 is 2.61 bits per heavy atom. The molecule has 0 aromatic rings. The van der Waals surface area contributed by atoms with E-state index in [-0.39, 0.29) is 23.9 Å². The number of hydrogen-bond acceptors (Lipinski definition) is 2. The second-order valence-electron chi connectivity index (χ2n) is 5.99. The zero-order valence-electron chi connectivity index (χ0n) is 10.9. The Balaban J connectivity index is 1.65. The first-order chi connectivity index (χ1) is 8.75. The van der Waals surface area contributed by atoms with E-state index in [0.29, 0.717) is 5.92 Å². The third-order valence-corrected chi connectivity index (χ3v) is 4.75. The Labute approximate surface area is 108 Å². The van der Waals surface area contributed by atoms with E-state index < -0.39 is 0 Å². The van der Waals surface area contributed by atoms with Gasteiger partial charge in [-0.2, -0.15) is 0 Å². The van der Waals surface area contributed by atoms with E-state index >= 15 is 0 Å². The van der Waals surface area contributed by atoms with Crippen molar-refractivity contribution in [3.8, 4) is 0 Å². The molecule has 0 aromatic carbocycles. The van der Waals surface area contributed by atoms with Crippen LogP contribution in [0.25, 0.3) is 0 Å². The van der Waals surface area contributed by atoms with Gasteiger partial charge in [0.05, 0.1) is 0 Å². The molecular formula is C14H22N2O2. The van der Waals surface area contributed by atoms with Gasteiger partial charge in [0.2, 0.25) is 11.8 Å². The highest BCUT2D eigenvalue weighted by Gasteiger charge is 2.43. The molecule has 1 saturated carbocycles. The SMILES string of the molecule is O=C1N[C@@H](CC2CCCCC2)C(=O)N2CCC[C@@H]12. The summed E-state index contributed by atoms with van der Waals surface area (Å²) in [7, 11) is 0. The van der Waals surface area contributed by atoms with Crippen molar-refractivity contribution >= 4 is 11.8 Å². The fourth-order valence-corrected chi connectivity index (χ4v) is 3.75. The molecule has 3 fully saturated rings. The number of rotatable bonds is 2. The van der Waals surface area contributed by atoms with E-state index in [0.717, 1.165) is 25.8 Å². The van der Waals surface area contributed by atoms with Gasteiger partial charge in [0.15, 0.2) is 0 Å². The fourth-order valence-electron chi connectivity index (χ4n) is 3.75. The van der Waals surface area contributed by atoms with Gasteiger partial charge in [-0.3, -0.25) is 9.59 Å². The quantitative estimate of drug-likeness (QED) is 0.806. The Morgan fingerprint density at radius 1 is 1.06 bits per heavy atom. The number of nitrogens with zero attached hydrogens (tertiary/aromatic N) is 1. The zero-order valence-corrected chi connectivity index (χ0v) is 10.9. The lowest BCUT2D eigenvalue weighted by atomic mass is 9.84. The molecule has 0 radical (unpaired) electrons. The van der Waals surface area contributed by atoms with Crippen LogP contribution in [0.4, 0.5) is 0 Å². The topological polar surface area (TPSA) is 49.4 Å². The molecule has 2 atom stereocenters. The monoisotopic (exact) mass is 250 g/mol. The van der Waals surface area contributed by atoms with E-state index in [2.05, 4.69) is 5.32 Å². The number of carbonyl (C=O) groups excluding carboxylic acids is 2. The van der Waals surface area contributed by atoms with Gasteiger partial charge < -0.3 is 10.2 Å². The molecule has 1 aliphatic carbocycles. The van der Waals surface area contributed by atoms with Gasteiger partial charge in [-0.15, -0.1) is 0 Å². The lowest BCUT2D eigenvalue weighted by molar-refractivity contribution is -0.147. The molecule has 100 valence electrons. The summed E-state index contributed by atoms with van der Waals surface area (Å²) in [6.45, 7) is 0.776. The summed E-state index contributed by atoms with van der Waals surface area (Å²) in [5, 5.41) is 2.95. The third-order valence-electron chi connectivity index (χ3n) is 4.75. The Kier molecular flexibility index (Phi) is 3.27. The van der Waals surface area contributed by atoms with Crippen LogP contribution < -0.4 is 5.32 Å². The molecular weight excluding hydrogens is 228 g/mol. The Hall–Kier alpha value is -1.06. The number of carbonyl (C=O) groups is 2. The maximum absolute atomic E-state index is 12.3. The largest absolute Gasteiger partial charge is 0.342 e. The summed E-state index contributed by atoms with van der Waals surface area (Å²) in [6.07, 6.45) is 9.01. The summed E-state index contributed by atoms with van der Waals surface area (Å²) in [6, 6.07) is -0.407. The molecule has 0 spiro atoms. The normalized spacial score (nSPS) is 33.4. The second-order valence-corrected chi connectivity index (χ2v) is 5.99. The van der Waals surface area contributed by atoms with Gasteiger partial charge in [-0.1, -0.05) is 32.1 Å². The zero-order chi connectivity index (χ0) is 12.5. The van der Waals surface area contributed by atoms with Crippen molar-refractivity contribution in [3.63, 3.8) is 0 Å². The van der Waals surface area contributed by atoms with Crippen molar-refractivity contribution in [2.45, 2.75) is 63.5 Å². The van der Waals surface area contributed by atoms with Gasteiger partial charge in [0, 0.05) is 6.54 Å². The molecule has 0 unspecified atom stereocenters. The van der Waals surface area contributed by atoms with Crippen LogP contribution in [0.15, 0.2) is 0 Å². The maximum atomic E-state index is 12.3. The van der Waals surface area contributed by atoms with E-state index in [9.17, 15) is 9.59 Å². The average molecular weight is 250 g/mol. The van der Waals surface area contributed by atoms with Crippen molar-refractivity contribution < 1.29 is 9.59 Å². The highest BCUT2D eigenvalue weighted by molar-refractivity contribution is 5.97. The summed E-state index contributed by atoms with van der Waals surface area (Å²) in [5.41, 5.74) is 0. The number of fused-ring (bicyclic) bond motifs is 1. The molecule has 4 heteroatoms. The highest BCUT2D eigenvalue weighted by Crippen LogP contribution is 2.30. The number of piperazine rings is 1. The molecule has 2 aliphatic heterocycles. The lowest BCUT2D eigenvalue weighted by Gasteiger charge is -2.36. The van der Waals surface area contributed by atoms with E-state index in [1.54, 1.807) is 0 Å². The summed E-state index contributed by atoms with van der Waals surface area (Å²) in [4.78, 5) is 26.1. The molecule has 1 N–H and O–H groups in total. The first-order valence-corrected chi connectivity index (χ1v) is 7.36. The third kappa shape index (κ3) is 2.13. The van der Waals surface area contributed by atoms with Crippen LogP contribution in [0.1, 0.15) is 51.4 Å². The molecule has 2 heterocycles. The Morgan fingerprint density at radius 2 is 1.83 bits per heavy atom. The number of amides is 2. The van der Waals surface area contributed by atoms with Crippen LogP contribution in [0.3, 0.4) is 0 Å². The van der Waals surface area contributed by atoms with Gasteiger partial charge in [0.25, 0.3) is 0 Å². The van der Waals surface area contributed by atoms with E-state index in [1.165, 1.54) is 32.1 Å². The maximum Gasteiger partial charge on any atom is 0.245 e. The summed E-state index contributed by atoms with van der Waals surface area (Å²) >= 11 is 0. The summed E-state index contributed by atoms with van der Waals surface area (Å²) < 4.78 is 0. The van der Waals surface area contributed by atoms with Crippen LogP contribution in [-0.2, 0) is 9.59 Å². The minimum atomic E-state index is -0.241. The molecule has 0 bridgehead atoms. The van der Waals surface area contributed by atoms with Crippen LogP contribution in [0.2, 0.25) is 0 Å². The van der Waals surface area contributed by atoms with E-state index in [4.69, 9.17) is 0 Å². The number of hydrogen-bond donors (Lipinski definition) is 1. The van der Waals surface area contributed by atoms with Gasteiger partial charge in [-0.05, 0) is 25.2 Å².